The summed E-state index contributed by atoms with van der Waals surface area (Å²) in [4.78, 5) is 14.7. The molecule has 2 aliphatic rings. The third-order valence-corrected chi connectivity index (χ3v) is 6.42. The predicted octanol–water partition coefficient (Wildman–Crippen LogP) is 3.51. The molecule has 1 amide bonds. The van der Waals surface area contributed by atoms with Crippen molar-refractivity contribution in [2.45, 2.75) is 44.6 Å². The van der Waals surface area contributed by atoms with Gasteiger partial charge in [0.05, 0.1) is 0 Å². The van der Waals surface area contributed by atoms with E-state index >= 15 is 0 Å². The van der Waals surface area contributed by atoms with Crippen molar-refractivity contribution in [1.82, 2.24) is 10.2 Å². The molecular formula is C20H30N2OS. The molecule has 1 aromatic rings. The first kappa shape index (κ1) is 17.8. The first-order valence-corrected chi connectivity index (χ1v) is 10.5. The Balaban J connectivity index is 1.39. The zero-order valence-electron chi connectivity index (χ0n) is 14.7. The highest BCUT2D eigenvalue weighted by atomic mass is 32.2. The zero-order chi connectivity index (χ0) is 16.8. The van der Waals surface area contributed by atoms with Gasteiger partial charge in [-0.25, -0.2) is 0 Å². The van der Waals surface area contributed by atoms with Crippen molar-refractivity contribution in [2.75, 3.05) is 31.1 Å². The first-order valence-electron chi connectivity index (χ1n) is 9.39. The van der Waals surface area contributed by atoms with Crippen molar-refractivity contribution in [3.8, 4) is 0 Å². The van der Waals surface area contributed by atoms with Gasteiger partial charge in [-0.1, -0.05) is 37.3 Å². The molecule has 1 saturated heterocycles. The molecule has 1 saturated carbocycles. The minimum atomic E-state index is 0.276. The zero-order valence-corrected chi connectivity index (χ0v) is 15.6. The molecule has 0 aromatic heterocycles. The van der Waals surface area contributed by atoms with Crippen LogP contribution >= 0.6 is 11.8 Å². The van der Waals surface area contributed by atoms with Crippen LogP contribution in [0.15, 0.2) is 30.3 Å². The van der Waals surface area contributed by atoms with Gasteiger partial charge in [0.15, 0.2) is 0 Å². The van der Waals surface area contributed by atoms with E-state index in [9.17, 15) is 4.79 Å². The highest BCUT2D eigenvalue weighted by Gasteiger charge is 2.30. The number of hydrogen-bond acceptors (Lipinski definition) is 3. The summed E-state index contributed by atoms with van der Waals surface area (Å²) in [6.07, 6.45) is 4.39. The van der Waals surface area contributed by atoms with Gasteiger partial charge in [0.2, 0.25) is 5.91 Å². The van der Waals surface area contributed by atoms with E-state index in [1.165, 1.54) is 5.56 Å². The lowest BCUT2D eigenvalue weighted by molar-refractivity contribution is -0.136. The number of nitrogens with zero attached hydrogens (tertiary/aromatic N) is 1. The van der Waals surface area contributed by atoms with Crippen LogP contribution in [0.4, 0.5) is 0 Å². The van der Waals surface area contributed by atoms with Crippen LogP contribution in [0.3, 0.4) is 0 Å². The van der Waals surface area contributed by atoms with E-state index in [0.29, 0.717) is 17.9 Å². The van der Waals surface area contributed by atoms with Crippen molar-refractivity contribution in [2.24, 2.45) is 5.92 Å². The molecular weight excluding hydrogens is 316 g/mol. The molecule has 1 N–H and O–H groups in total. The van der Waals surface area contributed by atoms with Gasteiger partial charge in [0.1, 0.15) is 0 Å². The number of benzene rings is 1. The molecule has 1 atom stereocenters. The topological polar surface area (TPSA) is 32.3 Å². The minimum Gasteiger partial charge on any atom is -0.341 e. The second-order valence-electron chi connectivity index (χ2n) is 7.21. The van der Waals surface area contributed by atoms with E-state index in [1.54, 1.807) is 0 Å². The predicted molar refractivity (Wildman–Crippen MR) is 103 cm³/mol. The van der Waals surface area contributed by atoms with E-state index in [1.807, 2.05) is 11.8 Å². The van der Waals surface area contributed by atoms with Gasteiger partial charge in [0, 0.05) is 43.1 Å². The monoisotopic (exact) mass is 346 g/mol. The molecule has 0 radical (unpaired) electrons. The summed E-state index contributed by atoms with van der Waals surface area (Å²) in [5, 5.41) is 3.73. The molecule has 0 unspecified atom stereocenters. The van der Waals surface area contributed by atoms with Crippen molar-refractivity contribution >= 4 is 17.7 Å². The Morgan fingerprint density at radius 1 is 1.17 bits per heavy atom. The minimum absolute atomic E-state index is 0.276. The summed E-state index contributed by atoms with van der Waals surface area (Å²) >= 11 is 1.97. The Labute approximate surface area is 150 Å². The van der Waals surface area contributed by atoms with Gasteiger partial charge < -0.3 is 10.2 Å². The Morgan fingerprint density at radius 2 is 1.83 bits per heavy atom. The largest absolute Gasteiger partial charge is 0.341 e. The lowest BCUT2D eigenvalue weighted by Gasteiger charge is -2.34. The van der Waals surface area contributed by atoms with Crippen LogP contribution in [0.5, 0.6) is 0 Å². The van der Waals surface area contributed by atoms with Crippen molar-refractivity contribution in [3.63, 3.8) is 0 Å². The fraction of sp³-hybridized carbons (Fsp3) is 0.650. The fourth-order valence-electron chi connectivity index (χ4n) is 3.83. The van der Waals surface area contributed by atoms with Crippen LogP contribution < -0.4 is 5.32 Å². The second-order valence-corrected chi connectivity index (χ2v) is 8.43. The molecule has 0 spiro atoms. The first-order chi connectivity index (χ1) is 11.7. The number of nitrogens with one attached hydrogen (secondary N) is 1. The normalized spacial score (nSPS) is 26.1. The lowest BCUT2D eigenvalue weighted by Crippen LogP contribution is -2.44. The molecule has 132 valence electrons. The molecule has 0 bridgehead atoms. The standard InChI is InChI=1S/C20H30N2OS/c1-16(17-5-3-2-4-6-17)15-21-19-9-7-18(8-10-19)20(23)22-11-13-24-14-12-22/h2-6,16,18-19,21H,7-15H2,1H3/t16-,18?,19?/m0/s1. The summed E-state index contributed by atoms with van der Waals surface area (Å²) < 4.78 is 0. The number of carbonyl (C=O) groups is 1. The van der Waals surface area contributed by atoms with Crippen molar-refractivity contribution in [3.05, 3.63) is 35.9 Å². The highest BCUT2D eigenvalue weighted by molar-refractivity contribution is 7.99. The van der Waals surface area contributed by atoms with Crippen LogP contribution in [0.2, 0.25) is 0 Å². The van der Waals surface area contributed by atoms with Crippen LogP contribution in [-0.4, -0.2) is 48.0 Å². The number of thioether (sulfide) groups is 1. The molecule has 3 rings (SSSR count). The number of rotatable bonds is 5. The van der Waals surface area contributed by atoms with E-state index in [4.69, 9.17) is 0 Å². The molecule has 24 heavy (non-hydrogen) atoms. The van der Waals surface area contributed by atoms with E-state index in [-0.39, 0.29) is 5.92 Å². The molecule has 1 aliphatic carbocycles. The Hall–Kier alpha value is -1.00. The van der Waals surface area contributed by atoms with Crippen LogP contribution in [0.25, 0.3) is 0 Å². The van der Waals surface area contributed by atoms with Crippen LogP contribution in [-0.2, 0) is 4.79 Å². The summed E-state index contributed by atoms with van der Waals surface area (Å²) in [5.74, 6) is 3.46. The molecule has 3 nitrogen and oxygen atoms in total. The molecule has 1 aromatic carbocycles. The van der Waals surface area contributed by atoms with Gasteiger partial charge in [-0.05, 0) is 37.2 Å². The SMILES string of the molecule is C[C@@H](CNC1CCC(C(=O)N2CCSCC2)CC1)c1ccccc1. The maximum Gasteiger partial charge on any atom is 0.225 e. The van der Waals surface area contributed by atoms with Crippen molar-refractivity contribution in [1.29, 1.82) is 0 Å². The molecule has 2 fully saturated rings. The molecule has 4 heteroatoms. The Kier molecular flexibility index (Phi) is 6.61. The Morgan fingerprint density at radius 3 is 2.50 bits per heavy atom. The average molecular weight is 347 g/mol. The lowest BCUT2D eigenvalue weighted by atomic mass is 9.85. The summed E-state index contributed by atoms with van der Waals surface area (Å²) in [6.45, 7) is 5.22. The number of amides is 1. The van der Waals surface area contributed by atoms with E-state index < -0.39 is 0 Å². The maximum absolute atomic E-state index is 12.6. The van der Waals surface area contributed by atoms with Gasteiger partial charge in [0.25, 0.3) is 0 Å². The quantitative estimate of drug-likeness (QED) is 0.885. The highest BCUT2D eigenvalue weighted by Crippen LogP contribution is 2.27. The smallest absolute Gasteiger partial charge is 0.225 e. The third-order valence-electron chi connectivity index (χ3n) is 5.48. The van der Waals surface area contributed by atoms with Gasteiger partial charge in [-0.15, -0.1) is 0 Å². The summed E-state index contributed by atoms with van der Waals surface area (Å²) in [7, 11) is 0. The summed E-state index contributed by atoms with van der Waals surface area (Å²) in [6, 6.07) is 11.3. The van der Waals surface area contributed by atoms with E-state index in [0.717, 1.165) is 56.8 Å². The van der Waals surface area contributed by atoms with Gasteiger partial charge >= 0.3 is 0 Å². The van der Waals surface area contributed by atoms with Crippen molar-refractivity contribution < 1.29 is 4.79 Å². The maximum atomic E-state index is 12.6. The fourth-order valence-corrected chi connectivity index (χ4v) is 4.73. The number of hydrogen-bond donors (Lipinski definition) is 1. The van der Waals surface area contributed by atoms with Gasteiger partial charge in [-0.2, -0.15) is 11.8 Å². The molecule has 1 aliphatic heterocycles. The van der Waals surface area contributed by atoms with Crippen LogP contribution in [0.1, 0.15) is 44.1 Å². The van der Waals surface area contributed by atoms with Crippen LogP contribution in [0, 0.1) is 5.92 Å². The second kappa shape index (κ2) is 8.91. The number of carbonyl (C=O) groups excluding carboxylic acids is 1. The molecule has 1 heterocycles. The van der Waals surface area contributed by atoms with Gasteiger partial charge in [-0.3, -0.25) is 4.79 Å². The summed E-state index contributed by atoms with van der Waals surface area (Å²) in [5.41, 5.74) is 1.40. The third kappa shape index (κ3) is 4.76. The van der Waals surface area contributed by atoms with E-state index in [2.05, 4.69) is 47.5 Å². The Bertz CT molecular complexity index is 508. The average Bonchev–Trinajstić information content (AvgIpc) is 2.67.